The van der Waals surface area contributed by atoms with Gasteiger partial charge in [0.2, 0.25) is 0 Å². The predicted molar refractivity (Wildman–Crippen MR) is 68.2 cm³/mol. The van der Waals surface area contributed by atoms with Gasteiger partial charge in [-0.2, -0.15) is 0 Å². The Labute approximate surface area is 108 Å². The predicted octanol–water partition coefficient (Wildman–Crippen LogP) is 3.65. The standard InChI is InChI=1S/C14H10F2N2O/c15-12-10(8-9-4-2-1-3-5-9)6-7-11(13(12)16)14(17)18-19/h1-7,17H,8H2. The lowest BCUT2D eigenvalue weighted by molar-refractivity contribution is 0.499. The SMILES string of the molecule is N=C(N=O)c1ccc(Cc2ccccc2)c(F)c1F. The van der Waals surface area contributed by atoms with Crippen molar-refractivity contribution in [2.75, 3.05) is 0 Å². The Morgan fingerprint density at radius 3 is 2.37 bits per heavy atom. The molecular weight excluding hydrogens is 250 g/mol. The van der Waals surface area contributed by atoms with E-state index in [-0.39, 0.29) is 12.0 Å². The van der Waals surface area contributed by atoms with Crippen LogP contribution >= 0.6 is 0 Å². The van der Waals surface area contributed by atoms with Gasteiger partial charge in [-0.3, -0.25) is 5.41 Å². The van der Waals surface area contributed by atoms with Gasteiger partial charge in [0.1, 0.15) is 0 Å². The van der Waals surface area contributed by atoms with Crippen molar-refractivity contribution >= 4 is 5.84 Å². The average Bonchev–Trinajstić information content (AvgIpc) is 2.44. The third-order valence-corrected chi connectivity index (χ3v) is 2.75. The van der Waals surface area contributed by atoms with E-state index in [2.05, 4.69) is 5.18 Å². The van der Waals surface area contributed by atoms with Gasteiger partial charge in [0.05, 0.1) is 5.56 Å². The zero-order valence-electron chi connectivity index (χ0n) is 9.86. The lowest BCUT2D eigenvalue weighted by atomic mass is 10.0. The van der Waals surface area contributed by atoms with Crippen LogP contribution in [0.4, 0.5) is 8.78 Å². The van der Waals surface area contributed by atoms with Crippen molar-refractivity contribution in [2.45, 2.75) is 6.42 Å². The zero-order chi connectivity index (χ0) is 13.8. The van der Waals surface area contributed by atoms with Gasteiger partial charge in [0.15, 0.2) is 17.5 Å². The minimum Gasteiger partial charge on any atom is -0.279 e. The molecule has 3 nitrogen and oxygen atoms in total. The number of rotatable bonds is 3. The first kappa shape index (κ1) is 13.0. The van der Waals surface area contributed by atoms with Crippen molar-refractivity contribution in [3.8, 4) is 0 Å². The van der Waals surface area contributed by atoms with Crippen LogP contribution in [0.15, 0.2) is 47.6 Å². The summed E-state index contributed by atoms with van der Waals surface area (Å²) in [5.41, 5.74) is 0.590. The molecule has 1 N–H and O–H groups in total. The van der Waals surface area contributed by atoms with Crippen LogP contribution in [0.1, 0.15) is 16.7 Å². The first-order valence-corrected chi connectivity index (χ1v) is 5.56. The summed E-state index contributed by atoms with van der Waals surface area (Å²) in [6.07, 6.45) is 0.242. The molecular formula is C14H10F2N2O. The van der Waals surface area contributed by atoms with Crippen molar-refractivity contribution in [1.29, 1.82) is 5.41 Å². The minimum atomic E-state index is -1.21. The summed E-state index contributed by atoms with van der Waals surface area (Å²) in [6, 6.07) is 11.6. The van der Waals surface area contributed by atoms with E-state index in [1.54, 1.807) is 12.1 Å². The van der Waals surface area contributed by atoms with Crippen LogP contribution in [-0.2, 0) is 6.42 Å². The van der Waals surface area contributed by atoms with Gasteiger partial charge in [-0.25, -0.2) is 8.78 Å². The fraction of sp³-hybridized carbons (Fsp3) is 0.0714. The molecule has 96 valence electrons. The molecule has 19 heavy (non-hydrogen) atoms. The number of amidine groups is 1. The monoisotopic (exact) mass is 260 g/mol. The zero-order valence-corrected chi connectivity index (χ0v) is 9.86. The van der Waals surface area contributed by atoms with Crippen LogP contribution in [0.3, 0.4) is 0 Å². The lowest BCUT2D eigenvalue weighted by Crippen LogP contribution is -2.04. The van der Waals surface area contributed by atoms with Crippen LogP contribution in [0, 0.1) is 22.0 Å². The molecule has 0 radical (unpaired) electrons. The fourth-order valence-electron chi connectivity index (χ4n) is 1.77. The molecule has 0 atom stereocenters. The summed E-state index contributed by atoms with van der Waals surface area (Å²) >= 11 is 0. The number of nitrogens with one attached hydrogen (secondary N) is 1. The van der Waals surface area contributed by atoms with Gasteiger partial charge in [-0.05, 0) is 22.4 Å². The molecule has 0 aliphatic carbocycles. The molecule has 0 aliphatic rings. The van der Waals surface area contributed by atoms with Crippen LogP contribution in [-0.4, -0.2) is 5.84 Å². The Morgan fingerprint density at radius 1 is 1.05 bits per heavy atom. The minimum absolute atomic E-state index is 0.172. The summed E-state index contributed by atoms with van der Waals surface area (Å²) in [6.45, 7) is 0. The maximum absolute atomic E-state index is 13.8. The Bertz CT molecular complexity index is 627. The maximum Gasteiger partial charge on any atom is 0.199 e. The molecule has 2 aromatic carbocycles. The summed E-state index contributed by atoms with van der Waals surface area (Å²) in [7, 11) is 0. The quantitative estimate of drug-likeness (QED) is 0.511. The molecule has 0 aromatic heterocycles. The molecule has 0 amide bonds. The van der Waals surface area contributed by atoms with Gasteiger partial charge in [0.25, 0.3) is 0 Å². The van der Waals surface area contributed by atoms with E-state index < -0.39 is 23.0 Å². The molecule has 5 heteroatoms. The topological polar surface area (TPSA) is 53.3 Å². The summed E-state index contributed by atoms with van der Waals surface area (Å²) in [5, 5.41) is 9.42. The molecule has 2 aromatic rings. The summed E-state index contributed by atoms with van der Waals surface area (Å²) in [5.74, 6) is -3.07. The van der Waals surface area contributed by atoms with Gasteiger partial charge in [-0.1, -0.05) is 36.4 Å². The van der Waals surface area contributed by atoms with E-state index in [4.69, 9.17) is 5.41 Å². The van der Waals surface area contributed by atoms with Crippen molar-refractivity contribution in [3.05, 3.63) is 75.7 Å². The number of nitrogens with zero attached hydrogens (tertiary/aromatic N) is 1. The second-order valence-corrected chi connectivity index (χ2v) is 4.00. The van der Waals surface area contributed by atoms with E-state index in [0.29, 0.717) is 0 Å². The van der Waals surface area contributed by atoms with Crippen molar-refractivity contribution in [3.63, 3.8) is 0 Å². The second-order valence-electron chi connectivity index (χ2n) is 4.00. The highest BCUT2D eigenvalue weighted by Gasteiger charge is 2.16. The highest BCUT2D eigenvalue weighted by molar-refractivity contribution is 5.97. The number of hydrogen-bond donors (Lipinski definition) is 1. The third kappa shape index (κ3) is 2.70. The Kier molecular flexibility index (Phi) is 3.75. The van der Waals surface area contributed by atoms with Crippen LogP contribution < -0.4 is 0 Å². The molecule has 0 heterocycles. The molecule has 0 bridgehead atoms. The highest BCUT2D eigenvalue weighted by atomic mass is 19.2. The summed E-state index contributed by atoms with van der Waals surface area (Å²) < 4.78 is 27.5. The molecule has 0 saturated carbocycles. The van der Waals surface area contributed by atoms with Crippen LogP contribution in [0.5, 0.6) is 0 Å². The van der Waals surface area contributed by atoms with E-state index >= 15 is 0 Å². The Hall–Kier alpha value is -2.43. The lowest BCUT2D eigenvalue weighted by Gasteiger charge is -2.07. The van der Waals surface area contributed by atoms with Crippen LogP contribution in [0.25, 0.3) is 0 Å². The van der Waals surface area contributed by atoms with Crippen molar-refractivity contribution in [1.82, 2.24) is 0 Å². The average molecular weight is 260 g/mol. The smallest absolute Gasteiger partial charge is 0.199 e. The van der Waals surface area contributed by atoms with Crippen molar-refractivity contribution in [2.24, 2.45) is 5.18 Å². The van der Waals surface area contributed by atoms with Crippen molar-refractivity contribution < 1.29 is 8.78 Å². The van der Waals surface area contributed by atoms with Crippen LogP contribution in [0.2, 0.25) is 0 Å². The van der Waals surface area contributed by atoms with Gasteiger partial charge in [-0.15, -0.1) is 4.91 Å². The van der Waals surface area contributed by atoms with E-state index in [9.17, 15) is 13.7 Å². The first-order chi connectivity index (χ1) is 9.13. The summed E-state index contributed by atoms with van der Waals surface area (Å²) in [4.78, 5) is 10.2. The second kappa shape index (κ2) is 5.48. The molecule has 2 rings (SSSR count). The highest BCUT2D eigenvalue weighted by Crippen LogP contribution is 2.20. The largest absolute Gasteiger partial charge is 0.279 e. The number of nitroso groups, excluding NO2 is 1. The van der Waals surface area contributed by atoms with Gasteiger partial charge < -0.3 is 0 Å². The molecule has 0 spiro atoms. The molecule has 0 saturated heterocycles. The van der Waals surface area contributed by atoms with E-state index in [1.165, 1.54) is 12.1 Å². The van der Waals surface area contributed by atoms with Gasteiger partial charge >= 0.3 is 0 Å². The Balaban J connectivity index is 2.36. The number of hydrogen-bond acceptors (Lipinski definition) is 2. The molecule has 0 aliphatic heterocycles. The fourth-order valence-corrected chi connectivity index (χ4v) is 1.77. The maximum atomic E-state index is 13.8. The van der Waals surface area contributed by atoms with E-state index in [1.807, 2.05) is 18.2 Å². The molecule has 0 unspecified atom stereocenters. The molecule has 0 fully saturated rings. The number of benzene rings is 2. The number of halogens is 2. The first-order valence-electron chi connectivity index (χ1n) is 5.56. The Morgan fingerprint density at radius 2 is 1.74 bits per heavy atom. The third-order valence-electron chi connectivity index (χ3n) is 2.75. The van der Waals surface area contributed by atoms with Gasteiger partial charge in [0, 0.05) is 6.42 Å². The van der Waals surface area contributed by atoms with E-state index in [0.717, 1.165) is 5.56 Å². The normalized spacial score (nSPS) is 10.2.